The molecule has 1 atom stereocenters. The average Bonchev–Trinajstić information content (AvgIpc) is 3.32. The van der Waals surface area contributed by atoms with Gasteiger partial charge in [0.2, 0.25) is 0 Å². The van der Waals surface area contributed by atoms with Crippen LogP contribution in [0.1, 0.15) is 64.7 Å². The summed E-state index contributed by atoms with van der Waals surface area (Å²) in [6, 6.07) is 6.43. The molecule has 5 nitrogen and oxygen atoms in total. The van der Waals surface area contributed by atoms with Crippen molar-refractivity contribution >= 4 is 23.2 Å². The van der Waals surface area contributed by atoms with Crippen molar-refractivity contribution in [2.45, 2.75) is 63.0 Å². The number of hydrogen-bond donors (Lipinski definition) is 1. The Hall–Kier alpha value is -3.33. The van der Waals surface area contributed by atoms with Crippen LogP contribution in [-0.2, 0) is 16.6 Å². The summed E-state index contributed by atoms with van der Waals surface area (Å²) in [5.74, 6) is -2.14. The Kier molecular flexibility index (Phi) is 7.60. The van der Waals surface area contributed by atoms with Gasteiger partial charge in [0.25, 0.3) is 11.5 Å². The highest BCUT2D eigenvalue weighted by Gasteiger charge is 2.64. The smallest absolute Gasteiger partial charge is 0.374 e. The second kappa shape index (κ2) is 10.3. The Morgan fingerprint density at radius 1 is 1.13 bits per heavy atom. The number of benzene rings is 2. The first-order chi connectivity index (χ1) is 18.2. The van der Waals surface area contributed by atoms with Crippen LogP contribution in [0.5, 0.6) is 0 Å². The van der Waals surface area contributed by atoms with Crippen molar-refractivity contribution in [1.29, 1.82) is 5.26 Å². The summed E-state index contributed by atoms with van der Waals surface area (Å²) in [4.78, 5) is 17.5. The number of nitrogens with zero attached hydrogens (tertiary/aromatic N) is 2. The minimum Gasteiger partial charge on any atom is -0.374 e. The molecule has 1 amide bonds. The molecule has 1 fully saturated rings. The van der Waals surface area contributed by atoms with Crippen LogP contribution in [0.4, 0.5) is 30.7 Å². The first-order valence-corrected chi connectivity index (χ1v) is 12.2. The van der Waals surface area contributed by atoms with Crippen molar-refractivity contribution in [2.75, 3.05) is 0 Å². The molecule has 2 aromatic carbocycles. The molecule has 208 valence electrons. The molecule has 39 heavy (non-hydrogen) atoms. The number of nitriles is 1. The quantitative estimate of drug-likeness (QED) is 0.392. The zero-order valence-corrected chi connectivity index (χ0v) is 21.1. The van der Waals surface area contributed by atoms with Gasteiger partial charge in [-0.15, -0.1) is 0 Å². The summed E-state index contributed by atoms with van der Waals surface area (Å²) in [5.41, 5.74) is -6.09. The molecule has 1 heterocycles. The van der Waals surface area contributed by atoms with Crippen LogP contribution in [-0.4, -0.2) is 23.8 Å². The van der Waals surface area contributed by atoms with Crippen molar-refractivity contribution < 1.29 is 40.4 Å². The predicted molar refractivity (Wildman–Crippen MR) is 126 cm³/mol. The van der Waals surface area contributed by atoms with Gasteiger partial charge in [0.05, 0.1) is 28.8 Å². The molecule has 1 aliphatic heterocycles. The largest absolute Gasteiger partial charge is 0.435 e. The highest BCUT2D eigenvalue weighted by atomic mass is 35.5. The minimum absolute atomic E-state index is 0.0237. The summed E-state index contributed by atoms with van der Waals surface area (Å²) in [6.07, 6.45) is -8.97. The Morgan fingerprint density at radius 3 is 2.36 bits per heavy atom. The number of halogens is 8. The van der Waals surface area contributed by atoms with Crippen LogP contribution in [0.25, 0.3) is 0 Å². The van der Waals surface area contributed by atoms with Gasteiger partial charge < -0.3 is 10.2 Å². The molecule has 13 heteroatoms. The van der Waals surface area contributed by atoms with Gasteiger partial charge >= 0.3 is 12.4 Å². The second-order valence-corrected chi connectivity index (χ2v) is 10.0. The van der Waals surface area contributed by atoms with E-state index in [0.29, 0.717) is 31.2 Å². The van der Waals surface area contributed by atoms with Gasteiger partial charge in [-0.05, 0) is 68.0 Å². The maximum absolute atomic E-state index is 14.8. The van der Waals surface area contributed by atoms with Gasteiger partial charge in [-0.1, -0.05) is 22.8 Å². The summed E-state index contributed by atoms with van der Waals surface area (Å²) < 4.78 is 97.5. The Balaban J connectivity index is 1.59. The SMILES string of the molecule is Cc1cc(C2=NO[C@](c3cc(C(F)(F)F)cc(Cl)c3F)(C(F)(F)F)C2)ccc1C(=O)NC1CCC(C#N)CC1. The van der Waals surface area contributed by atoms with Gasteiger partial charge in [-0.2, -0.15) is 31.6 Å². The van der Waals surface area contributed by atoms with E-state index in [1.165, 1.54) is 18.2 Å². The van der Waals surface area contributed by atoms with E-state index in [0.717, 1.165) is 0 Å². The molecule has 0 radical (unpaired) electrons. The number of carbonyl (C=O) groups excluding carboxylic acids is 1. The molecular weight excluding hydrogens is 555 g/mol. The van der Waals surface area contributed by atoms with E-state index in [2.05, 4.69) is 16.5 Å². The number of amides is 1. The summed E-state index contributed by atoms with van der Waals surface area (Å²) in [6.45, 7) is 1.56. The zero-order chi connectivity index (χ0) is 28.8. The summed E-state index contributed by atoms with van der Waals surface area (Å²) in [5, 5.41) is 14.2. The minimum atomic E-state index is -5.37. The lowest BCUT2D eigenvalue weighted by Gasteiger charge is -2.30. The summed E-state index contributed by atoms with van der Waals surface area (Å²) >= 11 is 5.53. The molecule has 0 aromatic heterocycles. The number of carbonyl (C=O) groups is 1. The number of rotatable bonds is 4. The molecule has 1 N–H and O–H groups in total. The third-order valence-corrected chi connectivity index (χ3v) is 7.30. The fourth-order valence-corrected chi connectivity index (χ4v) is 5.03. The van der Waals surface area contributed by atoms with Gasteiger partial charge in [0, 0.05) is 23.1 Å². The molecule has 0 saturated heterocycles. The van der Waals surface area contributed by atoms with Crippen LogP contribution in [0.2, 0.25) is 5.02 Å². The first-order valence-electron chi connectivity index (χ1n) is 11.9. The molecule has 2 aromatic rings. The van der Waals surface area contributed by atoms with Crippen LogP contribution in [0.3, 0.4) is 0 Å². The summed E-state index contributed by atoms with van der Waals surface area (Å²) in [7, 11) is 0. The number of alkyl halides is 6. The van der Waals surface area contributed by atoms with Crippen molar-refractivity contribution in [3.8, 4) is 6.07 Å². The van der Waals surface area contributed by atoms with E-state index >= 15 is 0 Å². The lowest BCUT2D eigenvalue weighted by molar-refractivity contribution is -0.276. The van der Waals surface area contributed by atoms with Crippen molar-refractivity contribution in [3.05, 3.63) is 69.0 Å². The van der Waals surface area contributed by atoms with Crippen molar-refractivity contribution in [1.82, 2.24) is 5.32 Å². The van der Waals surface area contributed by atoms with E-state index < -0.39 is 52.2 Å². The molecule has 0 unspecified atom stereocenters. The van der Waals surface area contributed by atoms with E-state index in [1.54, 1.807) is 6.92 Å². The van der Waals surface area contributed by atoms with E-state index in [4.69, 9.17) is 21.7 Å². The van der Waals surface area contributed by atoms with Gasteiger partial charge in [-0.25, -0.2) is 4.39 Å². The van der Waals surface area contributed by atoms with Crippen LogP contribution in [0.15, 0.2) is 35.5 Å². The molecular formula is C26H21ClF7N3O2. The molecule has 1 saturated carbocycles. The van der Waals surface area contributed by atoms with Crippen LogP contribution in [0, 0.1) is 30.0 Å². The topological polar surface area (TPSA) is 74.5 Å². The number of hydrogen-bond acceptors (Lipinski definition) is 4. The number of nitrogens with one attached hydrogen (secondary N) is 1. The molecule has 1 aliphatic carbocycles. The number of aryl methyl sites for hydroxylation is 1. The van der Waals surface area contributed by atoms with E-state index in [1.807, 2.05) is 0 Å². The molecule has 0 spiro atoms. The highest BCUT2D eigenvalue weighted by molar-refractivity contribution is 6.30. The second-order valence-electron chi connectivity index (χ2n) is 9.63. The van der Waals surface area contributed by atoms with Gasteiger partial charge in [0.1, 0.15) is 5.82 Å². The maximum atomic E-state index is 14.8. The number of oxime groups is 1. The lowest BCUT2D eigenvalue weighted by Crippen LogP contribution is -2.43. The Labute approximate surface area is 223 Å². The fraction of sp³-hybridized carbons (Fsp3) is 0.423. The third-order valence-electron chi connectivity index (χ3n) is 7.03. The zero-order valence-electron chi connectivity index (χ0n) is 20.3. The van der Waals surface area contributed by atoms with E-state index in [-0.39, 0.29) is 40.9 Å². The van der Waals surface area contributed by atoms with Gasteiger partial charge in [-0.3, -0.25) is 4.79 Å². The lowest BCUT2D eigenvalue weighted by atomic mass is 9.85. The fourth-order valence-electron chi connectivity index (χ4n) is 4.81. The predicted octanol–water partition coefficient (Wildman–Crippen LogP) is 7.20. The molecule has 4 rings (SSSR count). The third kappa shape index (κ3) is 5.55. The standard InChI is InChI=1S/C26H21ClF7N3O2/c1-13-8-15(4-7-18(13)23(38)36-17-5-2-14(12-35)3-6-17)21-11-24(39-37-21,26(32,33)34)19-9-16(25(29,30)31)10-20(27)22(19)28/h4,7-10,14,17H,2-3,5-6,11H2,1H3,(H,36,38)/t14?,17?,24-/m1/s1. The van der Waals surface area contributed by atoms with Crippen molar-refractivity contribution in [3.63, 3.8) is 0 Å². The Morgan fingerprint density at radius 2 is 1.79 bits per heavy atom. The molecule has 0 bridgehead atoms. The molecule has 2 aliphatic rings. The normalized spacial score (nSPS) is 23.5. The van der Waals surface area contributed by atoms with E-state index in [9.17, 15) is 35.5 Å². The van der Waals surface area contributed by atoms with Crippen LogP contribution < -0.4 is 5.32 Å². The van der Waals surface area contributed by atoms with Crippen molar-refractivity contribution in [2.24, 2.45) is 11.1 Å². The first kappa shape index (κ1) is 28.7. The Bertz CT molecular complexity index is 1360. The van der Waals surface area contributed by atoms with Gasteiger partial charge in [0.15, 0.2) is 0 Å². The monoisotopic (exact) mass is 575 g/mol. The highest BCUT2D eigenvalue weighted by Crippen LogP contribution is 2.51. The average molecular weight is 576 g/mol. The van der Waals surface area contributed by atoms with Crippen LogP contribution >= 0.6 is 11.6 Å². The maximum Gasteiger partial charge on any atom is 0.435 e.